The van der Waals surface area contributed by atoms with E-state index < -0.39 is 0 Å². The zero-order chi connectivity index (χ0) is 26.6. The van der Waals surface area contributed by atoms with Gasteiger partial charge in [-0.3, -0.25) is 0 Å². The Balaban J connectivity index is 2.61. The van der Waals surface area contributed by atoms with Crippen LogP contribution in [0.4, 0.5) is 0 Å². The van der Waals surface area contributed by atoms with Gasteiger partial charge in [-0.15, -0.1) is 0 Å². The van der Waals surface area contributed by atoms with Crippen molar-refractivity contribution in [3.63, 3.8) is 0 Å². The lowest BCUT2D eigenvalue weighted by Gasteiger charge is -2.43. The molecule has 1 aliphatic carbocycles. The lowest BCUT2D eigenvalue weighted by molar-refractivity contribution is 0.0751. The molecule has 0 heterocycles. The first kappa shape index (κ1) is 29.3. The molecule has 1 saturated carbocycles. The maximum absolute atomic E-state index is 4.57. The van der Waals surface area contributed by atoms with Crippen molar-refractivity contribution >= 4 is 19.1 Å². The molecule has 1 aromatic rings. The summed E-state index contributed by atoms with van der Waals surface area (Å²) in [4.78, 5) is 0. The number of hydrogen-bond acceptors (Lipinski definition) is 0. The van der Waals surface area contributed by atoms with Gasteiger partial charge in [-0.25, -0.2) is 0 Å². The zero-order valence-corrected chi connectivity index (χ0v) is 25.2. The normalized spacial score (nSPS) is 22.3. The molecule has 0 nitrogen and oxygen atoms in total. The van der Waals surface area contributed by atoms with Crippen molar-refractivity contribution in [1.82, 2.24) is 0 Å². The molecule has 190 valence electrons. The van der Waals surface area contributed by atoms with Crippen LogP contribution in [-0.2, 0) is 0 Å². The molecule has 0 saturated heterocycles. The molecule has 0 radical (unpaired) electrons. The first-order valence-corrected chi connectivity index (χ1v) is 14.4. The third-order valence-electron chi connectivity index (χ3n) is 8.68. The second kappa shape index (κ2) is 11.4. The van der Waals surface area contributed by atoms with E-state index in [2.05, 4.69) is 137 Å². The van der Waals surface area contributed by atoms with Gasteiger partial charge < -0.3 is 0 Å². The quantitative estimate of drug-likeness (QED) is 0.252. The Morgan fingerprint density at radius 2 is 1.54 bits per heavy atom. The summed E-state index contributed by atoms with van der Waals surface area (Å²) in [5.41, 5.74) is 8.22. The summed E-state index contributed by atoms with van der Waals surface area (Å²) >= 11 is 0. The van der Waals surface area contributed by atoms with Gasteiger partial charge in [0.1, 0.15) is 0 Å². The van der Waals surface area contributed by atoms with Crippen LogP contribution in [0, 0.1) is 22.2 Å². The monoisotopic (exact) mass is 488 g/mol. The van der Waals surface area contributed by atoms with Gasteiger partial charge in [0.05, 0.1) is 0 Å². The van der Waals surface area contributed by atoms with E-state index in [1.807, 2.05) is 0 Å². The Hall–Kier alpha value is -1.91. The van der Waals surface area contributed by atoms with E-state index in [0.717, 1.165) is 18.2 Å². The van der Waals surface area contributed by atoms with Crippen molar-refractivity contribution in [2.75, 3.05) is 6.16 Å². The van der Waals surface area contributed by atoms with E-state index in [1.165, 1.54) is 41.4 Å². The molecule has 1 fully saturated rings. The predicted octanol–water partition coefficient (Wildman–Crippen LogP) is 10.7. The average Bonchev–Trinajstić information content (AvgIpc) is 2.87. The van der Waals surface area contributed by atoms with Crippen LogP contribution in [-0.4, -0.2) is 11.5 Å². The van der Waals surface area contributed by atoms with Crippen molar-refractivity contribution < 1.29 is 0 Å². The fraction of sp³-hybridized carbons (Fsp3) is 0.500. The minimum absolute atomic E-state index is 0.0609. The first-order valence-electron chi connectivity index (χ1n) is 13.3. The van der Waals surface area contributed by atoms with Crippen LogP contribution in [0.5, 0.6) is 0 Å². The maximum Gasteiger partial charge on any atom is 0.00458 e. The summed E-state index contributed by atoms with van der Waals surface area (Å²) in [5.74, 6) is 0.654. The van der Waals surface area contributed by atoms with Crippen LogP contribution in [0.2, 0.25) is 0 Å². The maximum atomic E-state index is 4.57. The van der Waals surface area contributed by atoms with E-state index in [4.69, 9.17) is 0 Å². The zero-order valence-electron chi connectivity index (χ0n) is 24.3. The van der Waals surface area contributed by atoms with Crippen LogP contribution in [0.25, 0.3) is 5.57 Å². The van der Waals surface area contributed by atoms with Gasteiger partial charge in [0.2, 0.25) is 0 Å². The van der Waals surface area contributed by atoms with Gasteiger partial charge in [-0.05, 0) is 88.1 Å². The largest absolute Gasteiger partial charge is 0.0962 e. The lowest BCUT2D eigenvalue weighted by Crippen LogP contribution is -2.37. The third kappa shape index (κ3) is 5.91. The Bertz CT molecular complexity index is 1060. The topological polar surface area (TPSA) is 0 Å². The molecule has 0 bridgehead atoms. The number of allylic oxidation sites excluding steroid dienone is 9. The van der Waals surface area contributed by atoms with Crippen LogP contribution >= 0.6 is 8.20 Å². The van der Waals surface area contributed by atoms with Gasteiger partial charge in [0, 0.05) is 5.29 Å². The van der Waals surface area contributed by atoms with Crippen molar-refractivity contribution in [3.8, 4) is 0 Å². The SMILES string of the molecule is C=C(/C=C(C)\C(=C/C)c1ccccc1)C(/C=C1\C(=C/CC(C)C)C(C)(C)C(C)(C)C1(C)C)=PCC. The smallest absolute Gasteiger partial charge is 0.00458 e. The Morgan fingerprint density at radius 3 is 2.06 bits per heavy atom. The molecule has 0 N–H and O–H groups in total. The standard InChI is InChI=1S/C34H49P/c1-13-28(27-18-16-15-17-19-27)25(5)22-26(6)31(35-14-2)23-30-29(21-20-24(3)4)32(7,8)34(11,12)33(30,9)10/h13,15-19,21-24H,6,14,20H2,1-5,7-12H3/b25-22-,28-13+,29-21+,30-23+. The van der Waals surface area contributed by atoms with Gasteiger partial charge >= 0.3 is 0 Å². The third-order valence-corrected chi connectivity index (χ3v) is 9.76. The van der Waals surface area contributed by atoms with Crippen LogP contribution in [0.15, 0.2) is 83.5 Å². The van der Waals surface area contributed by atoms with Crippen LogP contribution in [0.1, 0.15) is 88.1 Å². The Labute approximate surface area is 218 Å². The molecule has 1 heteroatoms. The van der Waals surface area contributed by atoms with E-state index in [-0.39, 0.29) is 16.2 Å². The van der Waals surface area contributed by atoms with Crippen molar-refractivity contribution in [3.05, 3.63) is 89.1 Å². The number of benzene rings is 1. The van der Waals surface area contributed by atoms with Gasteiger partial charge in [-0.1, -0.05) is 126 Å². The highest BCUT2D eigenvalue weighted by molar-refractivity contribution is 7.41. The van der Waals surface area contributed by atoms with Gasteiger partial charge in [0.25, 0.3) is 0 Å². The predicted molar refractivity (Wildman–Crippen MR) is 162 cm³/mol. The van der Waals surface area contributed by atoms with E-state index in [9.17, 15) is 0 Å². The molecule has 1 aromatic carbocycles. The lowest BCUT2D eigenvalue weighted by atomic mass is 9.60. The second-order valence-electron chi connectivity index (χ2n) is 12.0. The highest BCUT2D eigenvalue weighted by atomic mass is 31.1. The molecule has 2 rings (SSSR count). The number of rotatable bonds is 8. The first-order chi connectivity index (χ1) is 16.2. The summed E-state index contributed by atoms with van der Waals surface area (Å²) in [6.45, 7) is 30.4. The molecule has 0 aliphatic heterocycles. The van der Waals surface area contributed by atoms with Gasteiger partial charge in [0.15, 0.2) is 0 Å². The van der Waals surface area contributed by atoms with Crippen molar-refractivity contribution in [1.29, 1.82) is 0 Å². The minimum atomic E-state index is 0.0609. The molecule has 0 amide bonds. The fourth-order valence-corrected chi connectivity index (χ4v) is 6.13. The average molecular weight is 489 g/mol. The van der Waals surface area contributed by atoms with Crippen molar-refractivity contribution in [2.45, 2.75) is 82.6 Å². The highest BCUT2D eigenvalue weighted by Gasteiger charge is 2.58. The van der Waals surface area contributed by atoms with E-state index >= 15 is 0 Å². The molecule has 1 aliphatic rings. The number of hydrogen-bond donors (Lipinski definition) is 0. The summed E-state index contributed by atoms with van der Waals surface area (Å²) in [6, 6.07) is 10.7. The minimum Gasteiger partial charge on any atom is -0.0962 e. The Kier molecular flexibility index (Phi) is 9.58. The van der Waals surface area contributed by atoms with E-state index in [0.29, 0.717) is 5.92 Å². The van der Waals surface area contributed by atoms with Gasteiger partial charge in [-0.2, -0.15) is 0 Å². The molecular weight excluding hydrogens is 439 g/mol. The van der Waals surface area contributed by atoms with Crippen molar-refractivity contribution in [2.24, 2.45) is 22.2 Å². The molecule has 0 spiro atoms. The second-order valence-corrected chi connectivity index (χ2v) is 13.4. The summed E-state index contributed by atoms with van der Waals surface area (Å²) < 4.78 is 0. The summed E-state index contributed by atoms with van der Waals surface area (Å²) in [7, 11) is 1.33. The molecule has 35 heavy (non-hydrogen) atoms. The van der Waals surface area contributed by atoms with E-state index in [1.54, 1.807) is 0 Å². The summed E-state index contributed by atoms with van der Waals surface area (Å²) in [6.07, 6.45) is 11.7. The van der Waals surface area contributed by atoms with Crippen LogP contribution in [0.3, 0.4) is 0 Å². The summed E-state index contributed by atoms with van der Waals surface area (Å²) in [5, 5.41) is 1.34. The fourth-order valence-electron chi connectivity index (χ4n) is 5.30. The molecule has 0 atom stereocenters. The molecule has 0 aromatic heterocycles. The molecular formula is C34H49P. The molecule has 0 unspecified atom stereocenters. The van der Waals surface area contributed by atoms with Crippen LogP contribution < -0.4 is 0 Å². The highest BCUT2D eigenvalue weighted by Crippen LogP contribution is 2.67. The Morgan fingerprint density at radius 1 is 0.971 bits per heavy atom.